The van der Waals surface area contributed by atoms with Gasteiger partial charge in [0.1, 0.15) is 5.82 Å². The number of hydrogen-bond acceptors (Lipinski definition) is 3. The fraction of sp³-hybridized carbons (Fsp3) is 0.136. The minimum atomic E-state index is -3.83. The average Bonchev–Trinajstić information content (AvgIpc) is 2.75. The zero-order valence-corrected chi connectivity index (χ0v) is 18.4. The molecule has 3 aromatic carbocycles. The molecule has 0 aliphatic carbocycles. The van der Waals surface area contributed by atoms with Crippen molar-refractivity contribution in [1.82, 2.24) is 0 Å². The summed E-state index contributed by atoms with van der Waals surface area (Å²) in [5.74, 6) is -0.919. The van der Waals surface area contributed by atoms with Crippen LogP contribution in [0.3, 0.4) is 0 Å². The maximum Gasteiger partial charge on any atom is 0.264 e. The first-order valence-corrected chi connectivity index (χ1v) is 11.6. The van der Waals surface area contributed by atoms with E-state index in [0.29, 0.717) is 35.8 Å². The van der Waals surface area contributed by atoms with E-state index in [4.69, 9.17) is 23.2 Å². The van der Waals surface area contributed by atoms with Crippen LogP contribution in [0, 0.1) is 5.82 Å². The van der Waals surface area contributed by atoms with Gasteiger partial charge in [-0.1, -0.05) is 23.2 Å². The summed E-state index contributed by atoms with van der Waals surface area (Å²) in [5.41, 5.74) is 2.08. The molecule has 0 saturated heterocycles. The van der Waals surface area contributed by atoms with E-state index in [1.807, 2.05) is 0 Å². The first-order valence-electron chi connectivity index (χ1n) is 9.43. The van der Waals surface area contributed by atoms with Crippen molar-refractivity contribution in [1.29, 1.82) is 0 Å². The molecular weight excluding hydrogens is 462 g/mol. The number of sulfonamides is 1. The van der Waals surface area contributed by atoms with Gasteiger partial charge < -0.3 is 5.32 Å². The summed E-state index contributed by atoms with van der Waals surface area (Å²) in [5, 5.41) is 3.44. The average molecular weight is 479 g/mol. The van der Waals surface area contributed by atoms with E-state index >= 15 is 0 Å². The van der Waals surface area contributed by atoms with Gasteiger partial charge in [-0.2, -0.15) is 0 Å². The van der Waals surface area contributed by atoms with E-state index in [2.05, 4.69) is 5.32 Å². The van der Waals surface area contributed by atoms with Crippen LogP contribution in [-0.4, -0.2) is 20.9 Å². The Bertz CT molecular complexity index is 1260. The predicted molar refractivity (Wildman–Crippen MR) is 120 cm³/mol. The predicted octanol–water partition coefficient (Wildman–Crippen LogP) is 5.53. The number of aryl methyl sites for hydroxylation is 1. The molecule has 3 aromatic rings. The lowest BCUT2D eigenvalue weighted by Crippen LogP contribution is -2.35. The third-order valence-corrected chi connectivity index (χ3v) is 7.38. The van der Waals surface area contributed by atoms with Crippen molar-refractivity contribution >= 4 is 50.5 Å². The van der Waals surface area contributed by atoms with Crippen LogP contribution >= 0.6 is 23.2 Å². The monoisotopic (exact) mass is 478 g/mol. The number of fused-ring (bicyclic) bond motifs is 1. The molecule has 0 saturated carbocycles. The number of carbonyl (C=O) groups excluding carboxylic acids is 1. The first-order chi connectivity index (χ1) is 14.8. The molecule has 9 heteroatoms. The van der Waals surface area contributed by atoms with Gasteiger partial charge in [0.05, 0.1) is 21.2 Å². The number of halogens is 3. The van der Waals surface area contributed by atoms with E-state index < -0.39 is 21.7 Å². The maximum absolute atomic E-state index is 13.2. The van der Waals surface area contributed by atoms with Gasteiger partial charge in [0.25, 0.3) is 15.9 Å². The van der Waals surface area contributed by atoms with Crippen molar-refractivity contribution in [2.24, 2.45) is 0 Å². The summed E-state index contributed by atoms with van der Waals surface area (Å²) in [6.45, 7) is 0.316. The number of carbonyl (C=O) groups is 1. The van der Waals surface area contributed by atoms with Crippen LogP contribution in [0.4, 0.5) is 15.8 Å². The Labute approximate surface area is 189 Å². The Hall–Kier alpha value is -2.61. The summed E-state index contributed by atoms with van der Waals surface area (Å²) in [4.78, 5) is 12.6. The number of amides is 1. The van der Waals surface area contributed by atoms with Crippen molar-refractivity contribution in [3.8, 4) is 0 Å². The van der Waals surface area contributed by atoms with Crippen LogP contribution < -0.4 is 9.62 Å². The number of hydrogen-bond donors (Lipinski definition) is 1. The molecule has 0 unspecified atom stereocenters. The smallest absolute Gasteiger partial charge is 0.264 e. The first kappa shape index (κ1) is 21.6. The fourth-order valence-electron chi connectivity index (χ4n) is 3.49. The van der Waals surface area contributed by atoms with Gasteiger partial charge in [0, 0.05) is 17.3 Å². The zero-order chi connectivity index (χ0) is 22.2. The standard InChI is InChI=1S/C22H17Cl2FN2O3S/c23-15-3-9-20(24)19(13-15)22(28)26-17-6-10-21-14(12-17)2-1-11-27(21)31(29,30)18-7-4-16(25)5-8-18/h3-10,12-13H,1-2,11H2,(H,26,28). The number of anilines is 2. The summed E-state index contributed by atoms with van der Waals surface area (Å²) in [6.07, 6.45) is 1.28. The third kappa shape index (κ3) is 4.39. The van der Waals surface area contributed by atoms with Crippen LogP contribution in [0.2, 0.25) is 10.0 Å². The lowest BCUT2D eigenvalue weighted by atomic mass is 10.0. The van der Waals surface area contributed by atoms with E-state index in [0.717, 1.165) is 17.7 Å². The van der Waals surface area contributed by atoms with Crippen molar-refractivity contribution in [3.05, 3.63) is 87.7 Å². The van der Waals surface area contributed by atoms with Crippen molar-refractivity contribution < 1.29 is 17.6 Å². The van der Waals surface area contributed by atoms with E-state index in [1.165, 1.54) is 22.5 Å². The molecular formula is C22H17Cl2FN2O3S. The Kier molecular flexibility index (Phi) is 5.92. The molecule has 160 valence electrons. The lowest BCUT2D eigenvalue weighted by molar-refractivity contribution is 0.102. The van der Waals surface area contributed by atoms with Gasteiger partial charge in [-0.15, -0.1) is 0 Å². The van der Waals surface area contributed by atoms with E-state index in [-0.39, 0.29) is 15.5 Å². The van der Waals surface area contributed by atoms with Crippen LogP contribution in [0.5, 0.6) is 0 Å². The Balaban J connectivity index is 1.62. The second-order valence-corrected chi connectivity index (χ2v) is 9.76. The zero-order valence-electron chi connectivity index (χ0n) is 16.1. The molecule has 31 heavy (non-hydrogen) atoms. The highest BCUT2D eigenvalue weighted by Crippen LogP contribution is 2.34. The largest absolute Gasteiger partial charge is 0.322 e. The summed E-state index contributed by atoms with van der Waals surface area (Å²) in [7, 11) is -3.83. The highest BCUT2D eigenvalue weighted by Gasteiger charge is 2.29. The quantitative estimate of drug-likeness (QED) is 0.536. The molecule has 0 atom stereocenters. The molecule has 0 spiro atoms. The topological polar surface area (TPSA) is 66.5 Å². The van der Waals surface area contributed by atoms with Crippen molar-refractivity contribution in [3.63, 3.8) is 0 Å². The highest BCUT2D eigenvalue weighted by atomic mass is 35.5. The van der Waals surface area contributed by atoms with Gasteiger partial charge >= 0.3 is 0 Å². The molecule has 5 nitrogen and oxygen atoms in total. The lowest BCUT2D eigenvalue weighted by Gasteiger charge is -2.31. The van der Waals surface area contributed by atoms with Crippen LogP contribution in [0.15, 0.2) is 65.6 Å². The van der Waals surface area contributed by atoms with Crippen LogP contribution in [-0.2, 0) is 16.4 Å². The molecule has 1 N–H and O–H groups in total. The van der Waals surface area contributed by atoms with E-state index in [9.17, 15) is 17.6 Å². The molecule has 1 heterocycles. The van der Waals surface area contributed by atoms with E-state index in [1.54, 1.807) is 30.3 Å². The second-order valence-electron chi connectivity index (χ2n) is 7.06. The van der Waals surface area contributed by atoms with Gasteiger partial charge in [-0.3, -0.25) is 9.10 Å². The van der Waals surface area contributed by atoms with Gasteiger partial charge in [0.2, 0.25) is 0 Å². The van der Waals surface area contributed by atoms with Gasteiger partial charge in [0.15, 0.2) is 0 Å². The highest BCUT2D eigenvalue weighted by molar-refractivity contribution is 7.92. The molecule has 1 amide bonds. The number of rotatable bonds is 4. The summed E-state index contributed by atoms with van der Waals surface area (Å²) >= 11 is 12.0. The molecule has 0 aromatic heterocycles. The second kappa shape index (κ2) is 8.49. The number of nitrogens with zero attached hydrogens (tertiary/aromatic N) is 1. The Morgan fingerprint density at radius 3 is 2.48 bits per heavy atom. The Morgan fingerprint density at radius 2 is 1.74 bits per heavy atom. The SMILES string of the molecule is O=C(Nc1ccc2c(c1)CCCN2S(=O)(=O)c1ccc(F)cc1)c1cc(Cl)ccc1Cl. The number of benzene rings is 3. The molecule has 1 aliphatic heterocycles. The van der Waals surface area contributed by atoms with Crippen molar-refractivity contribution in [2.75, 3.05) is 16.2 Å². The third-order valence-electron chi connectivity index (χ3n) is 4.99. The minimum Gasteiger partial charge on any atom is -0.322 e. The molecule has 1 aliphatic rings. The molecule has 0 bridgehead atoms. The molecule has 0 radical (unpaired) electrons. The molecule has 4 rings (SSSR count). The van der Waals surface area contributed by atoms with Gasteiger partial charge in [-0.25, -0.2) is 12.8 Å². The minimum absolute atomic E-state index is 0.0229. The maximum atomic E-state index is 13.2. The van der Waals surface area contributed by atoms with Crippen molar-refractivity contribution in [2.45, 2.75) is 17.7 Å². The number of nitrogens with one attached hydrogen (secondary N) is 1. The fourth-order valence-corrected chi connectivity index (χ4v) is 5.41. The van der Waals surface area contributed by atoms with Gasteiger partial charge in [-0.05, 0) is 79.1 Å². The summed E-state index contributed by atoms with van der Waals surface area (Å²) in [6, 6.07) is 14.4. The summed E-state index contributed by atoms with van der Waals surface area (Å²) < 4.78 is 40.7. The molecule has 0 fully saturated rings. The normalized spacial score (nSPS) is 13.6. The van der Waals surface area contributed by atoms with Crippen LogP contribution in [0.1, 0.15) is 22.3 Å². The Morgan fingerprint density at radius 1 is 1.00 bits per heavy atom. The van der Waals surface area contributed by atoms with Crippen LogP contribution in [0.25, 0.3) is 0 Å².